The highest BCUT2D eigenvalue weighted by Crippen LogP contribution is 2.27. The highest BCUT2D eigenvalue weighted by molar-refractivity contribution is 6.08. The summed E-state index contributed by atoms with van der Waals surface area (Å²) in [6.07, 6.45) is 2.47. The molecule has 2 atom stereocenters. The fourth-order valence-electron chi connectivity index (χ4n) is 3.16. The number of hydrogen-bond acceptors (Lipinski definition) is 3. The molecule has 0 saturated carbocycles. The Morgan fingerprint density at radius 2 is 2.09 bits per heavy atom. The molecule has 0 spiro atoms. The van der Waals surface area contributed by atoms with Gasteiger partial charge in [-0.05, 0) is 17.9 Å². The molecule has 0 unspecified atom stereocenters. The van der Waals surface area contributed by atoms with Gasteiger partial charge in [0.25, 0.3) is 0 Å². The molecule has 22 heavy (non-hydrogen) atoms. The van der Waals surface area contributed by atoms with Crippen molar-refractivity contribution in [2.45, 2.75) is 25.7 Å². The molecule has 1 heterocycles. The van der Waals surface area contributed by atoms with Crippen LogP contribution in [0.2, 0.25) is 6.32 Å². The van der Waals surface area contributed by atoms with Crippen molar-refractivity contribution in [2.75, 3.05) is 26.2 Å². The third-order valence-electron chi connectivity index (χ3n) is 4.39. The average molecular weight is 300 g/mol. The van der Waals surface area contributed by atoms with Crippen molar-refractivity contribution in [2.24, 2.45) is 11.8 Å². The normalized spacial score (nSPS) is 22.0. The van der Waals surface area contributed by atoms with Gasteiger partial charge in [-0.3, -0.25) is 4.79 Å². The molecule has 0 aromatic heterocycles. The zero-order valence-corrected chi connectivity index (χ0v) is 13.1. The maximum absolute atomic E-state index is 11.4. The predicted octanol–water partition coefficient (Wildman–Crippen LogP) is 1.78. The van der Waals surface area contributed by atoms with Gasteiger partial charge in [-0.25, -0.2) is 0 Å². The van der Waals surface area contributed by atoms with Crippen molar-refractivity contribution in [3.63, 3.8) is 0 Å². The summed E-state index contributed by atoms with van der Waals surface area (Å²) in [5, 5.41) is 12.8. The molecule has 4 nitrogen and oxygen atoms in total. The van der Waals surface area contributed by atoms with Gasteiger partial charge in [0.2, 0.25) is 0 Å². The minimum atomic E-state index is -0.665. The van der Waals surface area contributed by atoms with Gasteiger partial charge in [-0.1, -0.05) is 43.1 Å². The van der Waals surface area contributed by atoms with Crippen molar-refractivity contribution in [3.8, 4) is 0 Å². The molecule has 118 valence electrons. The summed E-state index contributed by atoms with van der Waals surface area (Å²) < 4.78 is 0. The Bertz CT molecular complexity index is 455. The second-order valence-corrected chi connectivity index (χ2v) is 6.06. The number of hydrogen-bond donors (Lipinski definition) is 2. The fourth-order valence-corrected chi connectivity index (χ4v) is 3.16. The summed E-state index contributed by atoms with van der Waals surface area (Å²) >= 11 is 0. The third kappa shape index (κ3) is 5.14. The quantitative estimate of drug-likeness (QED) is 0.539. The maximum atomic E-state index is 11.4. The molecule has 1 aliphatic heterocycles. The molecule has 0 amide bonds. The number of likely N-dealkylation sites (tertiary alicyclic amines) is 1. The molecule has 1 aliphatic rings. The Balaban J connectivity index is 1.70. The number of nitrogens with zero attached hydrogens (tertiary/aromatic N) is 1. The van der Waals surface area contributed by atoms with Crippen molar-refractivity contribution in [1.82, 2.24) is 10.2 Å². The molecular formula is C17H25BN2O2. The molecule has 0 bridgehead atoms. The molecule has 5 heteroatoms. The van der Waals surface area contributed by atoms with Gasteiger partial charge >= 0.3 is 5.97 Å². The van der Waals surface area contributed by atoms with E-state index in [0.29, 0.717) is 12.9 Å². The lowest BCUT2D eigenvalue weighted by molar-refractivity contribution is -0.142. The second kappa shape index (κ2) is 8.96. The fraction of sp³-hybridized carbons (Fsp3) is 0.588. The summed E-state index contributed by atoms with van der Waals surface area (Å²) in [6.45, 7) is 4.18. The van der Waals surface area contributed by atoms with Crippen molar-refractivity contribution in [1.29, 1.82) is 0 Å². The Hall–Kier alpha value is -1.33. The highest BCUT2D eigenvalue weighted by Gasteiger charge is 2.36. The Morgan fingerprint density at radius 3 is 2.77 bits per heavy atom. The van der Waals surface area contributed by atoms with Gasteiger partial charge in [0.15, 0.2) is 0 Å². The Kier molecular flexibility index (Phi) is 6.94. The van der Waals surface area contributed by atoms with Crippen LogP contribution in [0.4, 0.5) is 0 Å². The van der Waals surface area contributed by atoms with E-state index < -0.39 is 5.97 Å². The van der Waals surface area contributed by atoms with Crippen LogP contribution in [0.3, 0.4) is 0 Å². The van der Waals surface area contributed by atoms with E-state index in [0.717, 1.165) is 39.0 Å². The number of nitrogens with one attached hydrogen (secondary N) is 1. The van der Waals surface area contributed by atoms with Crippen LogP contribution in [-0.4, -0.2) is 50.0 Å². The smallest absolute Gasteiger partial charge is 0.308 e. The van der Waals surface area contributed by atoms with E-state index in [2.05, 4.69) is 22.3 Å². The number of carboxylic acid groups (broad SMARTS) is 1. The summed E-state index contributed by atoms with van der Waals surface area (Å²) in [5.41, 5.74) is 1.27. The first-order chi connectivity index (χ1) is 10.7. The number of carboxylic acids is 1. The second-order valence-electron chi connectivity index (χ2n) is 6.06. The first-order valence-corrected chi connectivity index (χ1v) is 8.10. The molecule has 1 aromatic carbocycles. The monoisotopic (exact) mass is 300 g/mol. The van der Waals surface area contributed by atoms with E-state index in [-0.39, 0.29) is 11.8 Å². The molecule has 1 aromatic rings. The van der Waals surface area contributed by atoms with Gasteiger partial charge in [-0.15, -0.1) is 0 Å². The summed E-state index contributed by atoms with van der Waals surface area (Å²) in [6, 6.07) is 10.3. The van der Waals surface area contributed by atoms with Crippen LogP contribution in [0.25, 0.3) is 0 Å². The SMILES string of the molecule is [B]CCC[C@H]1CN(CCNCc2ccccc2)C[C@H]1C(=O)O. The predicted molar refractivity (Wildman–Crippen MR) is 89.0 cm³/mol. The van der Waals surface area contributed by atoms with E-state index in [1.807, 2.05) is 18.2 Å². The van der Waals surface area contributed by atoms with Gasteiger partial charge in [0.05, 0.1) is 13.8 Å². The van der Waals surface area contributed by atoms with E-state index >= 15 is 0 Å². The van der Waals surface area contributed by atoms with Crippen LogP contribution in [0.5, 0.6) is 0 Å². The van der Waals surface area contributed by atoms with Gasteiger partial charge in [0.1, 0.15) is 0 Å². The average Bonchev–Trinajstić information content (AvgIpc) is 2.94. The first kappa shape index (κ1) is 17.0. The largest absolute Gasteiger partial charge is 0.481 e. The summed E-state index contributed by atoms with van der Waals surface area (Å²) in [7, 11) is 5.55. The van der Waals surface area contributed by atoms with E-state index in [4.69, 9.17) is 7.85 Å². The minimum absolute atomic E-state index is 0.235. The standard InChI is InChI=1S/C17H25BN2O2/c18-8-4-7-15-12-20(13-16(15)17(21)22)10-9-19-11-14-5-2-1-3-6-14/h1-3,5-6,15-16,19H,4,7-13H2,(H,21,22)/t15-,16+/m0/s1. The van der Waals surface area contributed by atoms with Crippen LogP contribution in [0.1, 0.15) is 18.4 Å². The van der Waals surface area contributed by atoms with Crippen LogP contribution in [0, 0.1) is 11.8 Å². The molecule has 0 aliphatic carbocycles. The molecule has 2 radical (unpaired) electrons. The Morgan fingerprint density at radius 1 is 1.32 bits per heavy atom. The summed E-state index contributed by atoms with van der Waals surface area (Å²) in [5.74, 6) is -0.655. The van der Waals surface area contributed by atoms with Crippen LogP contribution < -0.4 is 5.32 Å². The van der Waals surface area contributed by atoms with Crippen LogP contribution >= 0.6 is 0 Å². The number of carbonyl (C=O) groups is 1. The minimum Gasteiger partial charge on any atom is -0.481 e. The van der Waals surface area contributed by atoms with E-state index in [9.17, 15) is 9.90 Å². The first-order valence-electron chi connectivity index (χ1n) is 8.10. The topological polar surface area (TPSA) is 52.6 Å². The van der Waals surface area contributed by atoms with E-state index in [1.54, 1.807) is 0 Å². The summed E-state index contributed by atoms with van der Waals surface area (Å²) in [4.78, 5) is 13.6. The zero-order chi connectivity index (χ0) is 15.8. The maximum Gasteiger partial charge on any atom is 0.308 e. The molecule has 2 N–H and O–H groups in total. The lowest BCUT2D eigenvalue weighted by atomic mass is 9.88. The van der Waals surface area contributed by atoms with Gasteiger partial charge in [-0.2, -0.15) is 0 Å². The van der Waals surface area contributed by atoms with Crippen molar-refractivity contribution < 1.29 is 9.90 Å². The number of benzene rings is 1. The molecule has 1 fully saturated rings. The van der Waals surface area contributed by atoms with Crippen molar-refractivity contribution >= 4 is 13.8 Å². The van der Waals surface area contributed by atoms with Crippen LogP contribution in [0.15, 0.2) is 30.3 Å². The lowest BCUT2D eigenvalue weighted by Gasteiger charge is -2.16. The Labute approximate surface area is 134 Å². The molecule has 1 saturated heterocycles. The third-order valence-corrected chi connectivity index (χ3v) is 4.39. The number of aliphatic carboxylic acids is 1. The molecule has 2 rings (SSSR count). The lowest BCUT2D eigenvalue weighted by Crippen LogP contribution is -2.31. The van der Waals surface area contributed by atoms with Gasteiger partial charge < -0.3 is 15.3 Å². The van der Waals surface area contributed by atoms with Crippen LogP contribution in [-0.2, 0) is 11.3 Å². The van der Waals surface area contributed by atoms with E-state index in [1.165, 1.54) is 5.56 Å². The number of rotatable bonds is 9. The zero-order valence-electron chi connectivity index (χ0n) is 13.1. The highest BCUT2D eigenvalue weighted by atomic mass is 16.4. The van der Waals surface area contributed by atoms with Crippen molar-refractivity contribution in [3.05, 3.63) is 35.9 Å². The van der Waals surface area contributed by atoms with Gasteiger partial charge in [0, 0.05) is 32.7 Å². The molecular weight excluding hydrogens is 275 g/mol.